The Morgan fingerprint density at radius 3 is 0.945 bits per heavy atom. The van der Waals surface area contributed by atoms with Crippen molar-refractivity contribution >= 4 is 0 Å². The minimum Gasteiger partial charge on any atom is -0.456 e. The van der Waals surface area contributed by atoms with Crippen LogP contribution in [0.2, 0.25) is 0 Å². The second-order valence-corrected chi connectivity index (χ2v) is 28.0. The van der Waals surface area contributed by atoms with Crippen molar-refractivity contribution in [3.8, 4) is 159 Å². The highest BCUT2D eigenvalue weighted by Crippen LogP contribution is 2.67. The van der Waals surface area contributed by atoms with Crippen LogP contribution >= 0.6 is 0 Å². The highest BCUT2D eigenvalue weighted by Gasteiger charge is 2.54. The molecule has 8 nitrogen and oxygen atoms in total. The number of para-hydroxylation sites is 4. The van der Waals surface area contributed by atoms with E-state index in [1.165, 1.54) is 44.5 Å². The molecule has 2 unspecified atom stereocenters. The summed E-state index contributed by atoms with van der Waals surface area (Å²) in [6, 6.07) is 135. The van der Waals surface area contributed by atoms with E-state index in [0.29, 0.717) is 22.8 Å². The van der Waals surface area contributed by atoms with Crippen molar-refractivity contribution in [1.82, 2.24) is 19.9 Å². The Bertz CT molecular complexity index is 6480. The third-order valence-electron chi connectivity index (χ3n) is 22.1. The summed E-state index contributed by atoms with van der Waals surface area (Å²) < 4.78 is 14.0. The monoisotopic (exact) mass is 1400 g/mol. The number of hydrogen-bond acceptors (Lipinski definition) is 8. The summed E-state index contributed by atoms with van der Waals surface area (Å²) >= 11 is 0. The van der Waals surface area contributed by atoms with Gasteiger partial charge in [-0.15, -0.1) is 0 Å². The molecule has 2 aromatic heterocycles. The number of nitriles is 2. The zero-order valence-corrected chi connectivity index (χ0v) is 59.3. The Kier molecular flexibility index (Phi) is 15.6. The van der Waals surface area contributed by atoms with Gasteiger partial charge >= 0.3 is 0 Å². The van der Waals surface area contributed by atoms with Crippen LogP contribution in [0.5, 0.6) is 23.0 Å². The minimum absolute atomic E-state index is 0.628. The molecule has 2 aliphatic heterocycles. The predicted molar refractivity (Wildman–Crippen MR) is 437 cm³/mol. The van der Waals surface area contributed by atoms with Gasteiger partial charge in [-0.2, -0.15) is 10.5 Å². The van der Waals surface area contributed by atoms with Crippen molar-refractivity contribution in [1.29, 1.82) is 10.5 Å². The van der Waals surface area contributed by atoms with Crippen molar-refractivity contribution in [2.75, 3.05) is 0 Å². The van der Waals surface area contributed by atoms with Crippen LogP contribution in [0, 0.1) is 22.7 Å². The zero-order chi connectivity index (χ0) is 73.3. The fraction of sp³-hybridized carbons (Fsp3) is 0.0196. The van der Waals surface area contributed by atoms with E-state index < -0.39 is 10.8 Å². The summed E-state index contributed by atoms with van der Waals surface area (Å²) in [5.41, 5.74) is 29.7. The fourth-order valence-electron chi connectivity index (χ4n) is 17.2. The van der Waals surface area contributed by atoms with E-state index in [-0.39, 0.29) is 0 Å². The van der Waals surface area contributed by atoms with Gasteiger partial charge < -0.3 is 9.47 Å². The van der Waals surface area contributed by atoms with Crippen LogP contribution in [0.3, 0.4) is 0 Å². The Morgan fingerprint density at radius 2 is 0.509 bits per heavy atom. The number of fused-ring (bicyclic) bond motifs is 18. The van der Waals surface area contributed by atoms with Crippen LogP contribution in [-0.2, 0) is 10.8 Å². The van der Waals surface area contributed by atoms with Crippen LogP contribution in [0.15, 0.2) is 376 Å². The molecule has 0 amide bonds. The van der Waals surface area contributed by atoms with E-state index in [1.807, 2.05) is 115 Å². The normalized spacial score (nSPS) is 14.6. The Balaban J connectivity index is 0.000000145. The average molecular weight is 1400 g/mol. The SMILES string of the molecule is N#Cc1ccc(-c2cccc3c2-c2ccccc2C32c3ccccc3Oc3c(-c4cc(-c5ccccc5)nc(-c5ccccc5)n4)cccc32)cc1.N#Cc1ccc(-c2cccc3c2-c2ccccc2C32c3ccccc3Oc3c(-c4ccc(-c5cc(-c6ccccc6)nc(-c6ccccc6)n5)cc4)cccc32)cc1. The molecule has 4 aliphatic rings. The highest BCUT2D eigenvalue weighted by atomic mass is 16.5. The molecule has 4 heterocycles. The van der Waals surface area contributed by atoms with Crippen molar-refractivity contribution < 1.29 is 9.47 Å². The molecule has 15 aromatic carbocycles. The molecule has 17 aromatic rings. The lowest BCUT2D eigenvalue weighted by Gasteiger charge is -2.40. The smallest absolute Gasteiger partial charge is 0.160 e. The number of hydrogen-bond donors (Lipinski definition) is 0. The van der Waals surface area contributed by atoms with E-state index in [9.17, 15) is 10.5 Å². The summed E-state index contributed by atoms with van der Waals surface area (Å²) in [5.74, 6) is 4.63. The molecular weight excluding hydrogens is 1340 g/mol. The Labute approximate surface area is 637 Å². The maximum atomic E-state index is 9.54. The Hall–Kier alpha value is -15.0. The van der Waals surface area contributed by atoms with Crippen LogP contribution < -0.4 is 9.47 Å². The first-order chi connectivity index (χ1) is 54.4. The maximum absolute atomic E-state index is 9.54. The topological polar surface area (TPSA) is 118 Å². The fourth-order valence-corrected chi connectivity index (χ4v) is 17.2. The van der Waals surface area contributed by atoms with E-state index in [2.05, 4.69) is 273 Å². The lowest BCUT2D eigenvalue weighted by molar-refractivity contribution is 0.438. The largest absolute Gasteiger partial charge is 0.456 e. The lowest BCUT2D eigenvalue weighted by atomic mass is 9.65. The molecule has 2 aliphatic carbocycles. The van der Waals surface area contributed by atoms with E-state index in [1.54, 1.807) is 0 Å². The van der Waals surface area contributed by atoms with Gasteiger partial charge in [-0.05, 0) is 127 Å². The molecule has 110 heavy (non-hydrogen) atoms. The summed E-state index contributed by atoms with van der Waals surface area (Å²) in [5, 5.41) is 19.1. The van der Waals surface area contributed by atoms with Crippen LogP contribution in [0.4, 0.5) is 0 Å². The zero-order valence-electron chi connectivity index (χ0n) is 59.3. The molecule has 0 saturated carbocycles. The van der Waals surface area contributed by atoms with Crippen molar-refractivity contribution in [3.63, 3.8) is 0 Å². The molecule has 2 atom stereocenters. The van der Waals surface area contributed by atoms with Crippen LogP contribution in [0.1, 0.15) is 55.6 Å². The van der Waals surface area contributed by atoms with Crippen molar-refractivity contribution in [2.45, 2.75) is 10.8 Å². The quantitative estimate of drug-likeness (QED) is 0.140. The van der Waals surface area contributed by atoms with E-state index in [0.717, 1.165) is 135 Å². The van der Waals surface area contributed by atoms with Crippen molar-refractivity contribution in [2.24, 2.45) is 0 Å². The van der Waals surface area contributed by atoms with Gasteiger partial charge in [0.15, 0.2) is 11.6 Å². The molecule has 0 bridgehead atoms. The van der Waals surface area contributed by atoms with Gasteiger partial charge in [0.05, 0.1) is 56.9 Å². The summed E-state index contributed by atoms with van der Waals surface area (Å²) in [4.78, 5) is 20.3. The summed E-state index contributed by atoms with van der Waals surface area (Å²) in [6.45, 7) is 0. The predicted octanol–water partition coefficient (Wildman–Crippen LogP) is 24.6. The first kappa shape index (κ1) is 64.6. The van der Waals surface area contributed by atoms with Gasteiger partial charge in [0.25, 0.3) is 0 Å². The number of nitrogens with zero attached hydrogens (tertiary/aromatic N) is 6. The van der Waals surface area contributed by atoms with Crippen LogP contribution in [-0.4, -0.2) is 19.9 Å². The number of ether oxygens (including phenoxy) is 2. The molecule has 0 radical (unpaired) electrons. The Morgan fingerprint density at radius 1 is 0.218 bits per heavy atom. The third kappa shape index (κ3) is 10.4. The van der Waals surface area contributed by atoms with Gasteiger partial charge in [-0.25, -0.2) is 19.9 Å². The molecule has 8 heteroatoms. The molecule has 512 valence electrons. The highest BCUT2D eigenvalue weighted by molar-refractivity contribution is 6.00. The van der Waals surface area contributed by atoms with Gasteiger partial charge in [0.2, 0.25) is 0 Å². The molecule has 0 fully saturated rings. The number of aromatic nitrogens is 4. The van der Waals surface area contributed by atoms with Gasteiger partial charge in [-0.1, -0.05) is 322 Å². The van der Waals surface area contributed by atoms with E-state index >= 15 is 0 Å². The van der Waals surface area contributed by atoms with E-state index in [4.69, 9.17) is 29.4 Å². The first-order valence-electron chi connectivity index (χ1n) is 36.8. The second-order valence-electron chi connectivity index (χ2n) is 28.0. The number of benzene rings is 15. The molecule has 0 N–H and O–H groups in total. The summed E-state index contributed by atoms with van der Waals surface area (Å²) in [7, 11) is 0. The average Bonchev–Trinajstić information content (AvgIpc) is 1.48. The number of rotatable bonds is 9. The summed E-state index contributed by atoms with van der Waals surface area (Å²) in [6.07, 6.45) is 0. The van der Waals surface area contributed by atoms with Gasteiger partial charge in [0.1, 0.15) is 23.0 Å². The lowest BCUT2D eigenvalue weighted by Crippen LogP contribution is -2.32. The molecule has 2 spiro atoms. The van der Waals surface area contributed by atoms with Crippen molar-refractivity contribution in [3.05, 3.63) is 432 Å². The second kappa shape index (κ2) is 26.6. The standard InChI is InChI=1S/C54H33N3O.C48H29N3O/c55-34-35-25-27-36(28-26-35)41-18-11-22-46-51(41)43-17-7-8-20-44(43)54(46)45-21-9-10-24-50(45)58-52-42(19-12-23-47(52)54)37-29-31-39(32-30-37)49-33-48(38-13-3-1-4-14-38)56-53(57-49)40-15-5-2-6-16-40;49-30-31-25-27-32(28-26-31)35-18-11-22-40-45(35)36-17-7-8-20-38(36)48(40)39-21-9-10-24-44(39)52-46-37(19-12-23-41(46)48)43-29-42(33-13-3-1-4-14-33)50-47(51-43)34-15-5-2-6-16-34/h1-33H;1-29H. The van der Waals surface area contributed by atoms with Gasteiger partial charge in [0, 0.05) is 61.2 Å². The third-order valence-corrected chi connectivity index (χ3v) is 22.1. The van der Waals surface area contributed by atoms with Gasteiger partial charge in [-0.3, -0.25) is 0 Å². The maximum Gasteiger partial charge on any atom is 0.160 e. The first-order valence-corrected chi connectivity index (χ1v) is 36.8. The van der Waals surface area contributed by atoms with Crippen LogP contribution in [0.25, 0.3) is 123 Å². The molecule has 0 saturated heterocycles. The molecular formula is C102H62N6O2. The molecule has 21 rings (SSSR count). The minimum atomic E-state index is -0.660.